The lowest BCUT2D eigenvalue weighted by Gasteiger charge is -2.00. The van der Waals surface area contributed by atoms with Crippen LogP contribution in [0.4, 0.5) is 0 Å². The molecule has 80 valence electrons. The Kier molecular flexibility index (Phi) is 3.69. The Morgan fingerprint density at radius 2 is 2.20 bits per heavy atom. The van der Waals surface area contributed by atoms with Gasteiger partial charge < -0.3 is 9.72 Å². The molecule has 0 atom stereocenters. The van der Waals surface area contributed by atoms with E-state index in [1.165, 1.54) is 15.8 Å². The number of hydrogen-bond donors (Lipinski definition) is 1. The van der Waals surface area contributed by atoms with Gasteiger partial charge >= 0.3 is 0 Å². The van der Waals surface area contributed by atoms with Crippen molar-refractivity contribution in [1.29, 1.82) is 0 Å². The highest BCUT2D eigenvalue weighted by Gasteiger charge is 2.02. The highest BCUT2D eigenvalue weighted by atomic mass is 32.2. The minimum absolute atomic E-state index is 0.800. The molecule has 2 nitrogen and oxygen atoms in total. The van der Waals surface area contributed by atoms with Crippen LogP contribution >= 0.6 is 11.8 Å². The van der Waals surface area contributed by atoms with Crippen molar-refractivity contribution < 1.29 is 4.74 Å². The number of hydrogen-bond acceptors (Lipinski definition) is 2. The van der Waals surface area contributed by atoms with Crippen LogP contribution in [0.25, 0.3) is 10.9 Å². The van der Waals surface area contributed by atoms with Gasteiger partial charge in [0.25, 0.3) is 0 Å². The largest absolute Gasteiger partial charge is 0.381 e. The van der Waals surface area contributed by atoms with Crippen LogP contribution in [0.15, 0.2) is 35.4 Å². The first-order valence-corrected chi connectivity index (χ1v) is 6.17. The molecule has 0 aliphatic heterocycles. The topological polar surface area (TPSA) is 25.0 Å². The predicted molar refractivity (Wildman–Crippen MR) is 65.5 cm³/mol. The Hall–Kier alpha value is -0.930. The van der Waals surface area contributed by atoms with Gasteiger partial charge in [0.1, 0.15) is 0 Å². The van der Waals surface area contributed by atoms with Crippen molar-refractivity contribution in [2.75, 3.05) is 19.0 Å². The summed E-state index contributed by atoms with van der Waals surface area (Å²) in [6.45, 7) is 3.64. The van der Waals surface area contributed by atoms with Crippen LogP contribution in [0.1, 0.15) is 6.92 Å². The van der Waals surface area contributed by atoms with Gasteiger partial charge in [0.05, 0.1) is 6.61 Å². The second-order valence-corrected chi connectivity index (χ2v) is 4.38. The van der Waals surface area contributed by atoms with Gasteiger partial charge in [-0.3, -0.25) is 0 Å². The van der Waals surface area contributed by atoms with Gasteiger partial charge in [0, 0.05) is 34.4 Å². The van der Waals surface area contributed by atoms with Crippen LogP contribution in [0, 0.1) is 0 Å². The number of benzene rings is 1. The average molecular weight is 221 g/mol. The fraction of sp³-hybridized carbons (Fsp3) is 0.333. The number of fused-ring (bicyclic) bond motifs is 1. The van der Waals surface area contributed by atoms with Crippen molar-refractivity contribution in [1.82, 2.24) is 4.98 Å². The third kappa shape index (κ3) is 2.55. The zero-order valence-corrected chi connectivity index (χ0v) is 9.64. The van der Waals surface area contributed by atoms with E-state index in [0.717, 1.165) is 19.0 Å². The Morgan fingerprint density at radius 1 is 1.33 bits per heavy atom. The SMILES string of the molecule is CCOCCSc1c[nH]c2ccccc12. The van der Waals surface area contributed by atoms with Crippen molar-refractivity contribution in [2.45, 2.75) is 11.8 Å². The molecule has 0 radical (unpaired) electrons. The lowest BCUT2D eigenvalue weighted by atomic mass is 10.2. The minimum Gasteiger partial charge on any atom is -0.381 e. The number of H-pyrrole nitrogens is 1. The number of ether oxygens (including phenoxy) is 1. The van der Waals surface area contributed by atoms with Crippen LogP contribution in [0.2, 0.25) is 0 Å². The van der Waals surface area contributed by atoms with Crippen molar-refractivity contribution in [3.05, 3.63) is 30.5 Å². The van der Waals surface area contributed by atoms with Gasteiger partial charge in [-0.1, -0.05) is 18.2 Å². The van der Waals surface area contributed by atoms with E-state index in [4.69, 9.17) is 4.74 Å². The molecule has 0 spiro atoms. The molecule has 0 aliphatic carbocycles. The zero-order valence-electron chi connectivity index (χ0n) is 8.82. The molecule has 0 saturated heterocycles. The first-order chi connectivity index (χ1) is 7.42. The van der Waals surface area contributed by atoms with E-state index < -0.39 is 0 Å². The van der Waals surface area contributed by atoms with Crippen molar-refractivity contribution >= 4 is 22.7 Å². The second-order valence-electron chi connectivity index (χ2n) is 3.24. The maximum Gasteiger partial charge on any atom is 0.0560 e. The van der Waals surface area contributed by atoms with E-state index in [-0.39, 0.29) is 0 Å². The molecule has 15 heavy (non-hydrogen) atoms. The van der Waals surface area contributed by atoms with Gasteiger partial charge in [0.2, 0.25) is 0 Å². The molecule has 0 bridgehead atoms. The normalized spacial score (nSPS) is 11.0. The summed E-state index contributed by atoms with van der Waals surface area (Å²) in [7, 11) is 0. The van der Waals surface area contributed by atoms with E-state index >= 15 is 0 Å². The molecule has 0 amide bonds. The molecule has 0 aliphatic rings. The Morgan fingerprint density at radius 3 is 3.07 bits per heavy atom. The number of rotatable bonds is 5. The summed E-state index contributed by atoms with van der Waals surface area (Å²) < 4.78 is 5.31. The maximum atomic E-state index is 5.31. The van der Waals surface area contributed by atoms with Crippen LogP contribution in [-0.4, -0.2) is 24.0 Å². The number of nitrogens with one attached hydrogen (secondary N) is 1. The molecule has 1 aromatic carbocycles. The molecule has 3 heteroatoms. The number of aromatic amines is 1. The molecular formula is C12H15NOS. The van der Waals surface area contributed by atoms with Crippen molar-refractivity contribution in [2.24, 2.45) is 0 Å². The van der Waals surface area contributed by atoms with E-state index in [0.29, 0.717) is 0 Å². The fourth-order valence-electron chi connectivity index (χ4n) is 1.52. The smallest absolute Gasteiger partial charge is 0.0560 e. The lowest BCUT2D eigenvalue weighted by molar-refractivity contribution is 0.164. The Labute approximate surface area is 94.0 Å². The monoisotopic (exact) mass is 221 g/mol. The van der Waals surface area contributed by atoms with E-state index in [1.807, 2.05) is 24.8 Å². The number of para-hydroxylation sites is 1. The molecule has 2 aromatic rings. The van der Waals surface area contributed by atoms with Crippen LogP contribution in [-0.2, 0) is 4.74 Å². The summed E-state index contributed by atoms with van der Waals surface area (Å²) in [4.78, 5) is 4.58. The molecule has 1 heterocycles. The molecule has 2 rings (SSSR count). The standard InChI is InChI=1S/C12H15NOS/c1-2-14-7-8-15-12-9-13-11-6-4-3-5-10(11)12/h3-6,9,13H,2,7-8H2,1H3. The molecule has 1 N–H and O–H groups in total. The molecular weight excluding hydrogens is 206 g/mol. The van der Waals surface area contributed by atoms with Crippen LogP contribution < -0.4 is 0 Å². The molecule has 1 aromatic heterocycles. The summed E-state index contributed by atoms with van der Waals surface area (Å²) in [5.41, 5.74) is 1.21. The van der Waals surface area contributed by atoms with Gasteiger partial charge in [-0.25, -0.2) is 0 Å². The third-order valence-corrected chi connectivity index (χ3v) is 3.26. The lowest BCUT2D eigenvalue weighted by Crippen LogP contribution is -1.95. The van der Waals surface area contributed by atoms with Crippen LogP contribution in [0.5, 0.6) is 0 Å². The number of thioether (sulfide) groups is 1. The Balaban J connectivity index is 2.02. The first-order valence-electron chi connectivity index (χ1n) is 5.18. The number of aromatic nitrogens is 1. The average Bonchev–Trinajstić information content (AvgIpc) is 2.68. The third-order valence-electron chi connectivity index (χ3n) is 2.24. The maximum absolute atomic E-state index is 5.31. The zero-order chi connectivity index (χ0) is 10.5. The summed E-state index contributed by atoms with van der Waals surface area (Å²) in [5, 5.41) is 1.30. The van der Waals surface area contributed by atoms with Gasteiger partial charge in [-0.15, -0.1) is 11.8 Å². The highest BCUT2D eigenvalue weighted by molar-refractivity contribution is 7.99. The quantitative estimate of drug-likeness (QED) is 0.619. The van der Waals surface area contributed by atoms with Crippen LogP contribution in [0.3, 0.4) is 0 Å². The molecule has 0 saturated carbocycles. The van der Waals surface area contributed by atoms with E-state index in [2.05, 4.69) is 29.4 Å². The van der Waals surface area contributed by atoms with E-state index in [9.17, 15) is 0 Å². The van der Waals surface area contributed by atoms with E-state index in [1.54, 1.807) is 0 Å². The summed E-state index contributed by atoms with van der Waals surface area (Å²) >= 11 is 1.84. The van der Waals surface area contributed by atoms with Crippen molar-refractivity contribution in [3.63, 3.8) is 0 Å². The van der Waals surface area contributed by atoms with Gasteiger partial charge in [-0.05, 0) is 13.0 Å². The summed E-state index contributed by atoms with van der Waals surface area (Å²) in [6.07, 6.45) is 2.07. The first kappa shape index (κ1) is 10.6. The summed E-state index contributed by atoms with van der Waals surface area (Å²) in [6, 6.07) is 8.37. The summed E-state index contributed by atoms with van der Waals surface area (Å²) in [5.74, 6) is 1.01. The van der Waals surface area contributed by atoms with Gasteiger partial charge in [-0.2, -0.15) is 0 Å². The highest BCUT2D eigenvalue weighted by Crippen LogP contribution is 2.27. The fourth-order valence-corrected chi connectivity index (χ4v) is 2.42. The predicted octanol–water partition coefficient (Wildman–Crippen LogP) is 3.30. The second kappa shape index (κ2) is 5.24. The van der Waals surface area contributed by atoms with Gasteiger partial charge in [0.15, 0.2) is 0 Å². The van der Waals surface area contributed by atoms with Crippen molar-refractivity contribution in [3.8, 4) is 0 Å². The molecule has 0 fully saturated rings. The Bertz CT molecular complexity index is 424. The molecule has 0 unspecified atom stereocenters. The minimum atomic E-state index is 0.800.